The number of rotatable bonds is 5. The number of halogens is 1. The molecule has 1 heterocycles. The molecule has 0 aliphatic carbocycles. The molecule has 0 aliphatic rings. The Labute approximate surface area is 87.9 Å². The summed E-state index contributed by atoms with van der Waals surface area (Å²) in [5, 5.41) is 7.82. The van der Waals surface area contributed by atoms with Gasteiger partial charge in [-0.1, -0.05) is 6.92 Å². The van der Waals surface area contributed by atoms with Crippen LogP contribution in [0.3, 0.4) is 0 Å². The maximum absolute atomic E-state index is 5.74. The van der Waals surface area contributed by atoms with E-state index in [1.165, 1.54) is 0 Å². The zero-order valence-corrected chi connectivity index (χ0v) is 9.48. The minimum Gasteiger partial charge on any atom is -0.313 e. The van der Waals surface area contributed by atoms with E-state index in [1.807, 2.05) is 11.8 Å². The van der Waals surface area contributed by atoms with E-state index in [-0.39, 0.29) is 0 Å². The molecule has 1 aromatic heterocycles. The molecule has 0 fully saturated rings. The average Bonchev–Trinajstić information content (AvgIpc) is 2.61. The molecular formula is C8H14ClN3S. The van der Waals surface area contributed by atoms with Gasteiger partial charge >= 0.3 is 0 Å². The third kappa shape index (κ3) is 2.61. The largest absolute Gasteiger partial charge is 0.313 e. The summed E-state index contributed by atoms with van der Waals surface area (Å²) in [4.78, 5) is 0. The first-order chi connectivity index (χ1) is 6.33. The second-order valence-corrected chi connectivity index (χ2v) is 3.98. The number of thioether (sulfide) groups is 1. The summed E-state index contributed by atoms with van der Waals surface area (Å²) in [6.07, 6.45) is 4.96. The Morgan fingerprint density at radius 3 is 3.00 bits per heavy atom. The fourth-order valence-electron chi connectivity index (χ4n) is 1.25. The van der Waals surface area contributed by atoms with Crippen LogP contribution < -0.4 is 0 Å². The Morgan fingerprint density at radius 2 is 2.46 bits per heavy atom. The van der Waals surface area contributed by atoms with Gasteiger partial charge < -0.3 is 4.57 Å². The van der Waals surface area contributed by atoms with Gasteiger partial charge in [0.15, 0.2) is 0 Å². The molecule has 0 saturated carbocycles. The Kier molecular flexibility index (Phi) is 4.59. The molecule has 0 aliphatic heterocycles. The molecule has 0 bridgehead atoms. The van der Waals surface area contributed by atoms with Gasteiger partial charge in [0, 0.05) is 11.8 Å². The molecule has 13 heavy (non-hydrogen) atoms. The highest BCUT2D eigenvalue weighted by molar-refractivity contribution is 7.98. The van der Waals surface area contributed by atoms with Crippen LogP contribution in [0.4, 0.5) is 0 Å². The number of nitrogens with zero attached hydrogens (tertiary/aromatic N) is 3. The van der Waals surface area contributed by atoms with E-state index in [1.54, 1.807) is 6.33 Å². The lowest BCUT2D eigenvalue weighted by molar-refractivity contribution is 0.523. The number of hydrogen-bond donors (Lipinski definition) is 0. The van der Waals surface area contributed by atoms with Crippen molar-refractivity contribution in [2.75, 3.05) is 12.0 Å². The molecule has 5 heteroatoms. The molecule has 3 nitrogen and oxygen atoms in total. The summed E-state index contributed by atoms with van der Waals surface area (Å²) >= 11 is 7.58. The van der Waals surface area contributed by atoms with Crippen molar-refractivity contribution in [2.24, 2.45) is 0 Å². The molecule has 1 unspecified atom stereocenters. The van der Waals surface area contributed by atoms with Gasteiger partial charge in [0.25, 0.3) is 0 Å². The summed E-state index contributed by atoms with van der Waals surface area (Å²) in [5.74, 6) is 2.38. The first-order valence-electron chi connectivity index (χ1n) is 4.26. The summed E-state index contributed by atoms with van der Waals surface area (Å²) in [6.45, 7) is 2.17. The third-order valence-electron chi connectivity index (χ3n) is 1.99. The lowest BCUT2D eigenvalue weighted by atomic mass is 10.2. The number of hydrogen-bond acceptors (Lipinski definition) is 3. The van der Waals surface area contributed by atoms with E-state index in [0.29, 0.717) is 11.9 Å². The van der Waals surface area contributed by atoms with Crippen molar-refractivity contribution in [3.63, 3.8) is 0 Å². The van der Waals surface area contributed by atoms with Crippen molar-refractivity contribution in [1.82, 2.24) is 14.8 Å². The summed E-state index contributed by atoms with van der Waals surface area (Å²) < 4.78 is 2.07. The molecule has 0 aromatic carbocycles. The van der Waals surface area contributed by atoms with Crippen LogP contribution in [-0.2, 0) is 5.88 Å². The van der Waals surface area contributed by atoms with Crippen molar-refractivity contribution in [2.45, 2.75) is 25.3 Å². The lowest BCUT2D eigenvalue weighted by Gasteiger charge is -2.16. The van der Waals surface area contributed by atoms with E-state index in [0.717, 1.165) is 18.0 Å². The van der Waals surface area contributed by atoms with Gasteiger partial charge in [0.1, 0.15) is 12.2 Å². The topological polar surface area (TPSA) is 30.7 Å². The molecule has 74 valence electrons. The Morgan fingerprint density at radius 1 is 1.69 bits per heavy atom. The van der Waals surface area contributed by atoms with Crippen molar-refractivity contribution in [3.05, 3.63) is 12.2 Å². The van der Waals surface area contributed by atoms with Crippen LogP contribution in [-0.4, -0.2) is 26.8 Å². The first-order valence-corrected chi connectivity index (χ1v) is 6.19. The Balaban J connectivity index is 2.77. The molecule has 0 saturated heterocycles. The smallest absolute Gasteiger partial charge is 0.148 e. The Hall–Kier alpha value is -0.220. The maximum Gasteiger partial charge on any atom is 0.148 e. The summed E-state index contributed by atoms with van der Waals surface area (Å²) in [5.41, 5.74) is 0. The zero-order chi connectivity index (χ0) is 9.68. The molecule has 1 atom stereocenters. The van der Waals surface area contributed by atoms with Crippen molar-refractivity contribution in [3.8, 4) is 0 Å². The predicted molar refractivity (Wildman–Crippen MR) is 57.3 cm³/mol. The normalized spacial score (nSPS) is 13.2. The van der Waals surface area contributed by atoms with Crippen LogP contribution in [0.15, 0.2) is 6.33 Å². The highest BCUT2D eigenvalue weighted by Gasteiger charge is 2.11. The standard InChI is InChI=1S/C8H14ClN3S/c1-3-7(5-13-2)12-6-10-11-8(12)4-9/h6-7H,3-5H2,1-2H3. The monoisotopic (exact) mass is 219 g/mol. The van der Waals surface area contributed by atoms with Crippen LogP contribution in [0.5, 0.6) is 0 Å². The van der Waals surface area contributed by atoms with Crippen LogP contribution in [0.2, 0.25) is 0 Å². The maximum atomic E-state index is 5.74. The summed E-state index contributed by atoms with van der Waals surface area (Å²) in [7, 11) is 0. The zero-order valence-electron chi connectivity index (χ0n) is 7.90. The van der Waals surface area contributed by atoms with E-state index in [4.69, 9.17) is 11.6 Å². The van der Waals surface area contributed by atoms with Crippen LogP contribution in [0.1, 0.15) is 25.2 Å². The van der Waals surface area contributed by atoms with Crippen molar-refractivity contribution in [1.29, 1.82) is 0 Å². The second-order valence-electron chi connectivity index (χ2n) is 2.81. The fourth-order valence-corrected chi connectivity index (χ4v) is 2.23. The van der Waals surface area contributed by atoms with E-state index >= 15 is 0 Å². The fraction of sp³-hybridized carbons (Fsp3) is 0.750. The van der Waals surface area contributed by atoms with E-state index in [9.17, 15) is 0 Å². The van der Waals surface area contributed by atoms with Gasteiger partial charge in [-0.2, -0.15) is 11.8 Å². The number of aromatic nitrogens is 3. The van der Waals surface area contributed by atoms with E-state index in [2.05, 4.69) is 27.9 Å². The van der Waals surface area contributed by atoms with Crippen molar-refractivity contribution < 1.29 is 0 Å². The molecule has 1 aromatic rings. The van der Waals surface area contributed by atoms with Gasteiger partial charge in [-0.25, -0.2) is 0 Å². The highest BCUT2D eigenvalue weighted by atomic mass is 35.5. The van der Waals surface area contributed by atoms with Gasteiger partial charge in [0.2, 0.25) is 0 Å². The van der Waals surface area contributed by atoms with Crippen molar-refractivity contribution >= 4 is 23.4 Å². The van der Waals surface area contributed by atoms with Crippen LogP contribution in [0.25, 0.3) is 0 Å². The van der Waals surface area contributed by atoms with Gasteiger partial charge in [0.05, 0.1) is 5.88 Å². The average molecular weight is 220 g/mol. The SMILES string of the molecule is CCC(CSC)n1cnnc1CCl. The lowest BCUT2D eigenvalue weighted by Crippen LogP contribution is -2.12. The minimum absolute atomic E-state index is 0.435. The molecule has 0 spiro atoms. The number of alkyl halides is 1. The quantitative estimate of drug-likeness (QED) is 0.713. The van der Waals surface area contributed by atoms with Gasteiger partial charge in [-0.3, -0.25) is 0 Å². The third-order valence-corrected chi connectivity index (χ3v) is 2.95. The molecule has 1 rings (SSSR count). The van der Waals surface area contributed by atoms with Gasteiger partial charge in [-0.15, -0.1) is 21.8 Å². The van der Waals surface area contributed by atoms with Crippen LogP contribution >= 0.6 is 23.4 Å². The second kappa shape index (κ2) is 5.50. The molecule has 0 N–H and O–H groups in total. The molecule has 0 amide bonds. The summed E-state index contributed by atoms with van der Waals surface area (Å²) in [6, 6.07) is 0.471. The first kappa shape index (κ1) is 10.9. The molecule has 0 radical (unpaired) electrons. The minimum atomic E-state index is 0.435. The molecular weight excluding hydrogens is 206 g/mol. The predicted octanol–water partition coefficient (Wildman–Crippen LogP) is 2.33. The highest BCUT2D eigenvalue weighted by Crippen LogP contribution is 2.17. The van der Waals surface area contributed by atoms with Crippen LogP contribution in [0, 0.1) is 0 Å². The van der Waals surface area contributed by atoms with Gasteiger partial charge in [-0.05, 0) is 12.7 Å². The Bertz CT molecular complexity index is 251. The van der Waals surface area contributed by atoms with E-state index < -0.39 is 0 Å².